The Balaban J connectivity index is 1.97. The van der Waals surface area contributed by atoms with Gasteiger partial charge in [-0.1, -0.05) is 12.1 Å². The predicted octanol–water partition coefficient (Wildman–Crippen LogP) is 3.25. The minimum Gasteiger partial charge on any atom is -0.309 e. The van der Waals surface area contributed by atoms with Gasteiger partial charge >= 0.3 is 0 Å². The quantitative estimate of drug-likeness (QED) is 0.664. The molecule has 4 nitrogen and oxygen atoms in total. The second-order valence-electron chi connectivity index (χ2n) is 4.11. The highest BCUT2D eigenvalue weighted by molar-refractivity contribution is 7.07. The molecule has 0 radical (unpaired) electrons. The van der Waals surface area contributed by atoms with Crippen molar-refractivity contribution in [2.75, 3.05) is 0 Å². The monoisotopic (exact) mass is 262 g/mol. The average molecular weight is 262 g/mol. The van der Waals surface area contributed by atoms with Crippen LogP contribution in [0.25, 0.3) is 0 Å². The SMILES string of the molecule is Cc1ccc(CNCc2ccsc2)cc1[N+](=O)[O-]. The number of rotatable bonds is 5. The summed E-state index contributed by atoms with van der Waals surface area (Å²) in [7, 11) is 0. The van der Waals surface area contributed by atoms with E-state index in [1.54, 1.807) is 30.4 Å². The molecule has 1 aromatic carbocycles. The minimum absolute atomic E-state index is 0.185. The summed E-state index contributed by atoms with van der Waals surface area (Å²) in [4.78, 5) is 10.5. The van der Waals surface area contributed by atoms with Crippen molar-refractivity contribution in [1.29, 1.82) is 0 Å². The van der Waals surface area contributed by atoms with E-state index in [-0.39, 0.29) is 10.6 Å². The molecule has 0 atom stereocenters. The first-order valence-corrected chi connectivity index (χ1v) is 6.57. The van der Waals surface area contributed by atoms with Crippen LogP contribution >= 0.6 is 11.3 Å². The summed E-state index contributed by atoms with van der Waals surface area (Å²) in [6.45, 7) is 3.17. The lowest BCUT2D eigenvalue weighted by atomic mass is 10.1. The van der Waals surface area contributed by atoms with E-state index >= 15 is 0 Å². The molecule has 0 amide bonds. The third-order valence-electron chi connectivity index (χ3n) is 2.71. The maximum absolute atomic E-state index is 10.8. The largest absolute Gasteiger partial charge is 0.309 e. The van der Waals surface area contributed by atoms with Gasteiger partial charge in [0.2, 0.25) is 0 Å². The van der Waals surface area contributed by atoms with Crippen LogP contribution in [0.5, 0.6) is 0 Å². The molecule has 2 aromatic rings. The third kappa shape index (κ3) is 3.15. The van der Waals surface area contributed by atoms with E-state index in [9.17, 15) is 10.1 Å². The summed E-state index contributed by atoms with van der Waals surface area (Å²) in [6.07, 6.45) is 0. The van der Waals surface area contributed by atoms with Gasteiger partial charge in [-0.05, 0) is 34.9 Å². The second-order valence-corrected chi connectivity index (χ2v) is 4.89. The summed E-state index contributed by atoms with van der Waals surface area (Å²) in [5.41, 5.74) is 3.05. The van der Waals surface area contributed by atoms with E-state index in [2.05, 4.69) is 16.8 Å². The first-order valence-electron chi connectivity index (χ1n) is 5.62. The summed E-state index contributed by atoms with van der Waals surface area (Å²) in [5.74, 6) is 0. The lowest BCUT2D eigenvalue weighted by molar-refractivity contribution is -0.385. The first kappa shape index (κ1) is 12.7. The molecule has 0 aliphatic heterocycles. The Morgan fingerprint density at radius 1 is 1.28 bits per heavy atom. The van der Waals surface area contributed by atoms with Gasteiger partial charge in [-0.15, -0.1) is 0 Å². The van der Waals surface area contributed by atoms with Crippen molar-refractivity contribution in [3.05, 3.63) is 61.8 Å². The predicted molar refractivity (Wildman–Crippen MR) is 72.7 cm³/mol. The fourth-order valence-corrected chi connectivity index (χ4v) is 2.37. The van der Waals surface area contributed by atoms with Gasteiger partial charge in [-0.3, -0.25) is 10.1 Å². The highest BCUT2D eigenvalue weighted by Gasteiger charge is 2.10. The van der Waals surface area contributed by atoms with Crippen molar-refractivity contribution in [3.63, 3.8) is 0 Å². The highest BCUT2D eigenvalue weighted by atomic mass is 32.1. The van der Waals surface area contributed by atoms with Crippen molar-refractivity contribution < 1.29 is 4.92 Å². The van der Waals surface area contributed by atoms with Crippen molar-refractivity contribution in [1.82, 2.24) is 5.32 Å². The van der Waals surface area contributed by atoms with Crippen LogP contribution in [-0.4, -0.2) is 4.92 Å². The molecule has 0 spiro atoms. The normalized spacial score (nSPS) is 10.5. The second kappa shape index (κ2) is 5.75. The molecule has 0 unspecified atom stereocenters. The molecule has 0 aliphatic rings. The van der Waals surface area contributed by atoms with Crippen molar-refractivity contribution >= 4 is 17.0 Å². The van der Waals surface area contributed by atoms with E-state index in [0.29, 0.717) is 12.1 Å². The van der Waals surface area contributed by atoms with Crippen LogP contribution in [-0.2, 0) is 13.1 Å². The highest BCUT2D eigenvalue weighted by Crippen LogP contribution is 2.19. The Morgan fingerprint density at radius 2 is 2.06 bits per heavy atom. The summed E-state index contributed by atoms with van der Waals surface area (Å²) in [6, 6.07) is 7.41. The zero-order valence-corrected chi connectivity index (χ0v) is 10.9. The van der Waals surface area contributed by atoms with Crippen molar-refractivity contribution in [2.45, 2.75) is 20.0 Å². The zero-order valence-electron chi connectivity index (χ0n) is 10.1. The van der Waals surface area contributed by atoms with Crippen LogP contribution in [0.2, 0.25) is 0 Å². The Bertz CT molecular complexity index is 538. The number of nitro groups is 1. The van der Waals surface area contributed by atoms with E-state index < -0.39 is 0 Å². The molecule has 1 heterocycles. The number of hydrogen-bond acceptors (Lipinski definition) is 4. The van der Waals surface area contributed by atoms with E-state index in [0.717, 1.165) is 12.1 Å². The average Bonchev–Trinajstić information content (AvgIpc) is 2.84. The summed E-state index contributed by atoms with van der Waals surface area (Å²) < 4.78 is 0. The van der Waals surface area contributed by atoms with Crippen LogP contribution < -0.4 is 5.32 Å². The number of hydrogen-bond donors (Lipinski definition) is 1. The molecule has 0 aliphatic carbocycles. The van der Waals surface area contributed by atoms with Crippen LogP contribution in [0.15, 0.2) is 35.0 Å². The number of benzene rings is 1. The molecule has 2 rings (SSSR count). The number of aryl methyl sites for hydroxylation is 1. The fraction of sp³-hybridized carbons (Fsp3) is 0.231. The van der Waals surface area contributed by atoms with Crippen molar-refractivity contribution in [2.24, 2.45) is 0 Å². The molecule has 0 saturated carbocycles. The van der Waals surface area contributed by atoms with Gasteiger partial charge in [0.05, 0.1) is 4.92 Å². The maximum Gasteiger partial charge on any atom is 0.272 e. The van der Waals surface area contributed by atoms with Gasteiger partial charge in [0.25, 0.3) is 5.69 Å². The molecular weight excluding hydrogens is 248 g/mol. The van der Waals surface area contributed by atoms with Crippen LogP contribution in [0.1, 0.15) is 16.7 Å². The summed E-state index contributed by atoms with van der Waals surface area (Å²) >= 11 is 1.66. The Kier molecular flexibility index (Phi) is 4.07. The molecule has 5 heteroatoms. The Labute approximate surface area is 109 Å². The summed E-state index contributed by atoms with van der Waals surface area (Å²) in [5, 5.41) is 18.2. The fourth-order valence-electron chi connectivity index (χ4n) is 1.71. The number of nitrogens with one attached hydrogen (secondary N) is 1. The molecule has 1 aromatic heterocycles. The van der Waals surface area contributed by atoms with Gasteiger partial charge in [-0.25, -0.2) is 0 Å². The number of nitro benzene ring substituents is 1. The topological polar surface area (TPSA) is 55.2 Å². The standard InChI is InChI=1S/C13H14N2O2S/c1-10-2-3-11(6-13(10)15(16)17)7-14-8-12-4-5-18-9-12/h2-6,9,14H,7-8H2,1H3. The molecule has 0 saturated heterocycles. The van der Waals surface area contributed by atoms with Crippen molar-refractivity contribution in [3.8, 4) is 0 Å². The van der Waals surface area contributed by atoms with Gasteiger partial charge in [0.1, 0.15) is 0 Å². The third-order valence-corrected chi connectivity index (χ3v) is 3.44. The maximum atomic E-state index is 10.8. The minimum atomic E-state index is -0.336. The zero-order chi connectivity index (χ0) is 13.0. The van der Waals surface area contributed by atoms with E-state index in [4.69, 9.17) is 0 Å². The Morgan fingerprint density at radius 3 is 2.72 bits per heavy atom. The molecule has 94 valence electrons. The van der Waals surface area contributed by atoms with E-state index in [1.807, 2.05) is 11.4 Å². The Hall–Kier alpha value is -1.72. The van der Waals surface area contributed by atoms with Crippen LogP contribution in [0, 0.1) is 17.0 Å². The lowest BCUT2D eigenvalue weighted by Crippen LogP contribution is -2.12. The number of nitrogens with zero attached hydrogens (tertiary/aromatic N) is 1. The van der Waals surface area contributed by atoms with Gasteiger partial charge in [-0.2, -0.15) is 11.3 Å². The van der Waals surface area contributed by atoms with E-state index in [1.165, 1.54) is 5.56 Å². The van der Waals surface area contributed by atoms with Crippen LogP contribution in [0.4, 0.5) is 5.69 Å². The van der Waals surface area contributed by atoms with Gasteiger partial charge < -0.3 is 5.32 Å². The lowest BCUT2D eigenvalue weighted by Gasteiger charge is -2.05. The molecular formula is C13H14N2O2S. The molecule has 0 fully saturated rings. The molecule has 18 heavy (non-hydrogen) atoms. The van der Waals surface area contributed by atoms with Gasteiger partial charge in [0.15, 0.2) is 0 Å². The first-order chi connectivity index (χ1) is 8.66. The van der Waals surface area contributed by atoms with Gasteiger partial charge in [0, 0.05) is 24.7 Å². The number of thiophene rings is 1. The molecule has 1 N–H and O–H groups in total. The van der Waals surface area contributed by atoms with Crippen LogP contribution in [0.3, 0.4) is 0 Å². The smallest absolute Gasteiger partial charge is 0.272 e. The molecule has 0 bridgehead atoms.